The Morgan fingerprint density at radius 3 is 2.44 bits per heavy atom. The monoisotopic (exact) mass is 501 g/mol. The summed E-state index contributed by atoms with van der Waals surface area (Å²) >= 11 is 0. The molecule has 36 heavy (non-hydrogen) atoms. The molecule has 0 radical (unpaired) electrons. The molecule has 0 bridgehead atoms. The molecule has 10 nitrogen and oxygen atoms in total. The fourth-order valence-corrected chi connectivity index (χ4v) is 3.96. The minimum Gasteiger partial charge on any atom is -0.477 e. The Kier molecular flexibility index (Phi) is 5.78. The zero-order chi connectivity index (χ0) is 26.5. The molecule has 2 aromatic carbocycles. The van der Waals surface area contributed by atoms with Crippen LogP contribution < -0.4 is 17.0 Å². The van der Waals surface area contributed by atoms with Crippen molar-refractivity contribution in [2.45, 2.75) is 19.6 Å². The first-order chi connectivity index (χ1) is 16.8. The first-order valence-corrected chi connectivity index (χ1v) is 10.3. The number of primary amides is 1. The highest BCUT2D eigenvalue weighted by molar-refractivity contribution is 5.94. The van der Waals surface area contributed by atoms with Crippen molar-refractivity contribution in [3.05, 3.63) is 91.5 Å². The predicted octanol–water partition coefficient (Wildman–Crippen LogP) is 2.06. The summed E-state index contributed by atoms with van der Waals surface area (Å²) in [5, 5.41) is 9.55. The smallest absolute Gasteiger partial charge is 0.416 e. The third-order valence-corrected chi connectivity index (χ3v) is 5.84. The van der Waals surface area contributed by atoms with Crippen LogP contribution in [0.25, 0.3) is 16.7 Å². The normalized spacial score (nSPS) is 11.7. The van der Waals surface area contributed by atoms with Crippen LogP contribution >= 0.6 is 0 Å². The number of carbonyl (C=O) groups is 2. The molecule has 4 aromatic rings. The topological polar surface area (TPSA) is 142 Å². The molecule has 2 aromatic heterocycles. The number of carboxylic acids is 1. The van der Waals surface area contributed by atoms with E-state index in [4.69, 9.17) is 5.73 Å². The summed E-state index contributed by atoms with van der Waals surface area (Å²) in [5.41, 5.74) is 2.15. The van der Waals surface area contributed by atoms with Gasteiger partial charge in [-0.15, -0.1) is 0 Å². The van der Waals surface area contributed by atoms with Gasteiger partial charge in [-0.1, -0.05) is 12.1 Å². The third kappa shape index (κ3) is 4.04. The maximum Gasteiger partial charge on any atom is 0.416 e. The van der Waals surface area contributed by atoms with E-state index in [1.165, 1.54) is 35.8 Å². The van der Waals surface area contributed by atoms with E-state index in [0.29, 0.717) is 10.1 Å². The van der Waals surface area contributed by atoms with Gasteiger partial charge in [0.25, 0.3) is 11.5 Å². The second-order valence-electron chi connectivity index (χ2n) is 8.01. The lowest BCUT2D eigenvalue weighted by atomic mass is 10.0. The lowest BCUT2D eigenvalue weighted by Gasteiger charge is -2.16. The summed E-state index contributed by atoms with van der Waals surface area (Å²) in [6, 6.07) is 7.67. The maximum absolute atomic E-state index is 13.3. The number of alkyl halides is 3. The molecule has 0 aliphatic carbocycles. The van der Waals surface area contributed by atoms with Crippen LogP contribution in [-0.2, 0) is 19.8 Å². The van der Waals surface area contributed by atoms with Gasteiger partial charge in [-0.05, 0) is 42.3 Å². The van der Waals surface area contributed by atoms with Gasteiger partial charge in [-0.25, -0.2) is 14.6 Å². The fourth-order valence-electron chi connectivity index (χ4n) is 3.96. The molecule has 0 spiro atoms. The van der Waals surface area contributed by atoms with E-state index >= 15 is 0 Å². The number of hydrogen-bond acceptors (Lipinski definition) is 5. The molecule has 0 saturated carbocycles. The largest absolute Gasteiger partial charge is 0.477 e. The Morgan fingerprint density at radius 2 is 1.83 bits per heavy atom. The number of aromatic nitrogens is 4. The SMILES string of the molecule is Cc1c(Cn2c(=O)c(C(=O)O)cn(-c3ccc4c(c3)nc(C(N)=O)n4C)c2=O)cccc1C(F)(F)F. The third-order valence-electron chi connectivity index (χ3n) is 5.84. The zero-order valence-corrected chi connectivity index (χ0v) is 18.8. The van der Waals surface area contributed by atoms with Crippen molar-refractivity contribution in [1.29, 1.82) is 0 Å². The molecule has 0 saturated heterocycles. The van der Waals surface area contributed by atoms with Gasteiger partial charge in [0, 0.05) is 13.2 Å². The number of amides is 1. The number of carboxylic acid groups (broad SMARTS) is 1. The first-order valence-electron chi connectivity index (χ1n) is 10.3. The Bertz CT molecular complexity index is 1680. The van der Waals surface area contributed by atoms with Crippen LogP contribution in [-0.4, -0.2) is 35.7 Å². The van der Waals surface area contributed by atoms with Gasteiger partial charge in [-0.3, -0.25) is 18.7 Å². The number of hydrogen-bond donors (Lipinski definition) is 2. The van der Waals surface area contributed by atoms with Gasteiger partial charge in [0.1, 0.15) is 5.56 Å². The summed E-state index contributed by atoms with van der Waals surface area (Å²) in [6.07, 6.45) is -3.82. The number of fused-ring (bicyclic) bond motifs is 1. The molecule has 0 atom stereocenters. The van der Waals surface area contributed by atoms with Gasteiger partial charge in [0.2, 0.25) is 0 Å². The number of rotatable bonds is 5. The molecule has 4 rings (SSSR count). The number of nitrogens with zero attached hydrogens (tertiary/aromatic N) is 4. The van der Waals surface area contributed by atoms with E-state index in [2.05, 4.69) is 4.98 Å². The average molecular weight is 501 g/mol. The maximum atomic E-state index is 13.3. The second kappa shape index (κ2) is 8.52. The molecule has 0 aliphatic heterocycles. The van der Waals surface area contributed by atoms with E-state index in [9.17, 15) is 37.5 Å². The molecule has 0 unspecified atom stereocenters. The van der Waals surface area contributed by atoms with Crippen molar-refractivity contribution >= 4 is 22.9 Å². The number of nitrogens with two attached hydrogens (primary N) is 1. The van der Waals surface area contributed by atoms with E-state index in [-0.39, 0.29) is 28.2 Å². The minimum atomic E-state index is -4.66. The summed E-state index contributed by atoms with van der Waals surface area (Å²) in [4.78, 5) is 53.6. The molecule has 0 aliphatic rings. The number of imidazole rings is 1. The summed E-state index contributed by atoms with van der Waals surface area (Å²) in [6.45, 7) is 0.611. The Balaban J connectivity index is 1.93. The van der Waals surface area contributed by atoms with Gasteiger partial charge in [0.15, 0.2) is 5.82 Å². The van der Waals surface area contributed by atoms with Crippen LogP contribution in [0.4, 0.5) is 13.2 Å². The lowest BCUT2D eigenvalue weighted by Crippen LogP contribution is -2.42. The zero-order valence-electron chi connectivity index (χ0n) is 18.8. The number of carbonyl (C=O) groups excluding carboxylic acids is 1. The quantitative estimate of drug-likeness (QED) is 0.429. The molecule has 3 N–H and O–H groups in total. The standard InChI is InChI=1S/C23H18F3N5O5/c1-11-12(4-3-5-15(11)23(24,25)26)9-31-20(33)14(21(34)35)10-30(22(31)36)13-6-7-17-16(8-13)28-19(18(27)32)29(17)2/h3-8,10H,9H2,1-2H3,(H2,27,32)(H,34,35). The lowest BCUT2D eigenvalue weighted by molar-refractivity contribution is -0.138. The molecular weight excluding hydrogens is 483 g/mol. The number of halogens is 3. The van der Waals surface area contributed by atoms with Crippen molar-refractivity contribution in [1.82, 2.24) is 18.7 Å². The molecule has 2 heterocycles. The molecular formula is C23H18F3N5O5. The predicted molar refractivity (Wildman–Crippen MR) is 121 cm³/mol. The van der Waals surface area contributed by atoms with E-state index in [1.54, 1.807) is 7.05 Å². The van der Waals surface area contributed by atoms with E-state index in [0.717, 1.165) is 22.9 Å². The Morgan fingerprint density at radius 1 is 1.14 bits per heavy atom. The average Bonchev–Trinajstić information content (AvgIpc) is 3.12. The highest BCUT2D eigenvalue weighted by Crippen LogP contribution is 2.33. The van der Waals surface area contributed by atoms with Gasteiger partial charge >= 0.3 is 17.8 Å². The van der Waals surface area contributed by atoms with Crippen LogP contribution in [0.15, 0.2) is 52.2 Å². The molecule has 1 amide bonds. The van der Waals surface area contributed by atoms with Crippen molar-refractivity contribution in [3.8, 4) is 5.69 Å². The second-order valence-corrected chi connectivity index (χ2v) is 8.01. The highest BCUT2D eigenvalue weighted by atomic mass is 19.4. The Hall–Kier alpha value is -4.68. The van der Waals surface area contributed by atoms with Crippen molar-refractivity contribution in [2.75, 3.05) is 0 Å². The molecule has 0 fully saturated rings. The van der Waals surface area contributed by atoms with Crippen LogP contribution in [0.2, 0.25) is 0 Å². The summed E-state index contributed by atoms with van der Waals surface area (Å²) < 4.78 is 42.9. The number of aryl methyl sites for hydroxylation is 1. The highest BCUT2D eigenvalue weighted by Gasteiger charge is 2.33. The molecule has 186 valence electrons. The van der Waals surface area contributed by atoms with Crippen LogP contribution in [0, 0.1) is 6.92 Å². The van der Waals surface area contributed by atoms with Gasteiger partial charge < -0.3 is 15.4 Å². The number of benzene rings is 2. The van der Waals surface area contributed by atoms with Gasteiger partial charge in [-0.2, -0.15) is 13.2 Å². The van der Waals surface area contributed by atoms with E-state index < -0.39 is 47.0 Å². The molecule has 13 heteroatoms. The van der Waals surface area contributed by atoms with E-state index in [1.807, 2.05) is 0 Å². The van der Waals surface area contributed by atoms with Crippen LogP contribution in [0.5, 0.6) is 0 Å². The van der Waals surface area contributed by atoms with Crippen LogP contribution in [0.3, 0.4) is 0 Å². The van der Waals surface area contributed by atoms with Gasteiger partial charge in [0.05, 0.1) is 28.8 Å². The number of aromatic carboxylic acids is 1. The fraction of sp³-hybridized carbons (Fsp3) is 0.174. The summed E-state index contributed by atoms with van der Waals surface area (Å²) in [5.74, 6) is -2.46. The van der Waals surface area contributed by atoms with Crippen molar-refractivity contribution < 1.29 is 27.9 Å². The summed E-state index contributed by atoms with van der Waals surface area (Å²) in [7, 11) is 1.56. The first kappa shape index (κ1) is 24.4. The van der Waals surface area contributed by atoms with Crippen LogP contribution in [0.1, 0.15) is 37.7 Å². The minimum absolute atomic E-state index is 0.0180. The van der Waals surface area contributed by atoms with Crippen molar-refractivity contribution in [3.63, 3.8) is 0 Å². The Labute approximate surface area is 199 Å². The van der Waals surface area contributed by atoms with Crippen molar-refractivity contribution in [2.24, 2.45) is 12.8 Å².